The molecule has 0 radical (unpaired) electrons. The lowest BCUT2D eigenvalue weighted by molar-refractivity contribution is 0.175. The second kappa shape index (κ2) is 13.3. The maximum Gasteiger partial charge on any atom is 0.175 e. The van der Waals surface area contributed by atoms with Crippen molar-refractivity contribution in [1.29, 1.82) is 0 Å². The Hall–Kier alpha value is -2.09. The minimum atomic E-state index is -3.13. The van der Waals surface area contributed by atoms with Crippen molar-refractivity contribution in [2.75, 3.05) is 32.4 Å². The largest absolute Gasteiger partial charge is 0.504 e. The summed E-state index contributed by atoms with van der Waals surface area (Å²) in [5.74, 6) is 0.0619. The van der Waals surface area contributed by atoms with E-state index >= 15 is 0 Å². The molecule has 1 aliphatic rings. The number of hydrogen-bond acceptors (Lipinski definition) is 6. The van der Waals surface area contributed by atoms with Crippen molar-refractivity contribution in [3.63, 3.8) is 0 Å². The molecule has 2 aromatic carbocycles. The normalized spacial score (nSPS) is 15.9. The highest BCUT2D eigenvalue weighted by Crippen LogP contribution is 2.36. The summed E-state index contributed by atoms with van der Waals surface area (Å²) >= 11 is 0. The van der Waals surface area contributed by atoms with Crippen LogP contribution in [-0.2, 0) is 29.1 Å². The number of phenolic OH excluding ortho intramolecular Hbond substituents is 2. The quantitative estimate of drug-likeness (QED) is 0.261. The second-order valence-corrected chi connectivity index (χ2v) is 11.8. The number of aromatic hydroxyl groups is 2. The first kappa shape index (κ1) is 27.5. The Balaban J connectivity index is 1.30. The lowest BCUT2D eigenvalue weighted by Crippen LogP contribution is -2.40. The first-order valence-corrected chi connectivity index (χ1v) is 14.9. The van der Waals surface area contributed by atoms with Crippen molar-refractivity contribution in [1.82, 2.24) is 10.2 Å². The Morgan fingerprint density at radius 3 is 2.43 bits per heavy atom. The maximum absolute atomic E-state index is 11.5. The number of fused-ring (bicyclic) bond motifs is 1. The standard InChI is InChI=1S/C28H42N2O4S/c1-3-19-30(24-11-14-26-23(21-24)10-15-27(31)28(26)32)20-7-5-4-6-17-29-18-16-22-8-12-25(13-9-22)35(2,33)34/h8-10,12-13,15,24,29,31-32H,3-7,11,14,16-21H2,1-2H3. The number of sulfone groups is 1. The summed E-state index contributed by atoms with van der Waals surface area (Å²) in [6.07, 6.45) is 10.9. The van der Waals surface area contributed by atoms with E-state index in [1.165, 1.54) is 37.5 Å². The van der Waals surface area contributed by atoms with Gasteiger partial charge >= 0.3 is 0 Å². The molecular formula is C28H42N2O4S. The predicted molar refractivity (Wildman–Crippen MR) is 142 cm³/mol. The molecule has 194 valence electrons. The molecule has 0 saturated carbocycles. The van der Waals surface area contributed by atoms with E-state index in [9.17, 15) is 18.6 Å². The minimum Gasteiger partial charge on any atom is -0.504 e. The fourth-order valence-electron chi connectivity index (χ4n) is 5.06. The van der Waals surface area contributed by atoms with Gasteiger partial charge in [0.15, 0.2) is 21.3 Å². The zero-order chi connectivity index (χ0) is 25.3. The molecule has 0 spiro atoms. The van der Waals surface area contributed by atoms with Gasteiger partial charge in [0.25, 0.3) is 0 Å². The van der Waals surface area contributed by atoms with Crippen molar-refractivity contribution in [2.45, 2.75) is 75.6 Å². The summed E-state index contributed by atoms with van der Waals surface area (Å²) in [4.78, 5) is 3.00. The van der Waals surface area contributed by atoms with Crippen LogP contribution in [0, 0.1) is 0 Å². The SMILES string of the molecule is CCCN(CCCCCCNCCc1ccc(S(C)(=O)=O)cc1)C1CCc2c(ccc(O)c2O)C1. The third kappa shape index (κ3) is 8.23. The van der Waals surface area contributed by atoms with E-state index in [2.05, 4.69) is 17.1 Å². The molecule has 3 N–H and O–H groups in total. The molecule has 7 heteroatoms. The molecular weight excluding hydrogens is 460 g/mol. The summed E-state index contributed by atoms with van der Waals surface area (Å²) < 4.78 is 23.1. The van der Waals surface area contributed by atoms with Crippen LogP contribution in [0.3, 0.4) is 0 Å². The zero-order valence-corrected chi connectivity index (χ0v) is 22.1. The Bertz CT molecular complexity index is 1040. The van der Waals surface area contributed by atoms with Crippen LogP contribution in [0.15, 0.2) is 41.3 Å². The number of nitrogens with zero attached hydrogens (tertiary/aromatic N) is 1. The van der Waals surface area contributed by atoms with E-state index in [-0.39, 0.29) is 11.5 Å². The van der Waals surface area contributed by atoms with E-state index in [1.807, 2.05) is 18.2 Å². The summed E-state index contributed by atoms with van der Waals surface area (Å²) in [5, 5.41) is 23.4. The molecule has 0 bridgehead atoms. The molecule has 1 aliphatic carbocycles. The number of rotatable bonds is 14. The van der Waals surface area contributed by atoms with Gasteiger partial charge in [-0.25, -0.2) is 8.42 Å². The van der Waals surface area contributed by atoms with E-state index in [1.54, 1.807) is 18.2 Å². The van der Waals surface area contributed by atoms with Crippen LogP contribution >= 0.6 is 0 Å². The molecule has 0 aliphatic heterocycles. The van der Waals surface area contributed by atoms with Crippen molar-refractivity contribution in [2.24, 2.45) is 0 Å². The first-order chi connectivity index (χ1) is 16.8. The Morgan fingerprint density at radius 1 is 0.971 bits per heavy atom. The molecule has 6 nitrogen and oxygen atoms in total. The molecule has 0 heterocycles. The number of hydrogen-bond donors (Lipinski definition) is 3. The van der Waals surface area contributed by atoms with Crippen LogP contribution < -0.4 is 5.32 Å². The van der Waals surface area contributed by atoms with Gasteiger partial charge in [-0.05, 0) is 100 Å². The van der Waals surface area contributed by atoms with Gasteiger partial charge in [0, 0.05) is 17.9 Å². The van der Waals surface area contributed by atoms with Crippen molar-refractivity contribution >= 4 is 9.84 Å². The fourth-order valence-corrected chi connectivity index (χ4v) is 5.69. The van der Waals surface area contributed by atoms with Gasteiger partial charge in [0.1, 0.15) is 0 Å². The van der Waals surface area contributed by atoms with Crippen LogP contribution in [-0.4, -0.2) is 62.0 Å². The predicted octanol–water partition coefficient (Wildman–Crippen LogP) is 4.46. The highest BCUT2D eigenvalue weighted by Gasteiger charge is 2.26. The molecule has 1 unspecified atom stereocenters. The summed E-state index contributed by atoms with van der Waals surface area (Å²) in [6, 6.07) is 11.3. The average Bonchev–Trinajstić information content (AvgIpc) is 2.84. The third-order valence-electron chi connectivity index (χ3n) is 7.06. The highest BCUT2D eigenvalue weighted by molar-refractivity contribution is 7.90. The fraction of sp³-hybridized carbons (Fsp3) is 0.571. The average molecular weight is 503 g/mol. The van der Waals surface area contributed by atoms with Crippen LogP contribution in [0.2, 0.25) is 0 Å². The third-order valence-corrected chi connectivity index (χ3v) is 8.19. The molecule has 0 amide bonds. The second-order valence-electron chi connectivity index (χ2n) is 9.83. The maximum atomic E-state index is 11.5. The number of benzene rings is 2. The topological polar surface area (TPSA) is 89.9 Å². The van der Waals surface area contributed by atoms with E-state index in [0.29, 0.717) is 10.9 Å². The molecule has 0 fully saturated rings. The smallest absolute Gasteiger partial charge is 0.175 e. The van der Waals surface area contributed by atoms with Crippen molar-refractivity contribution in [3.8, 4) is 11.5 Å². The lowest BCUT2D eigenvalue weighted by Gasteiger charge is -2.35. The summed E-state index contributed by atoms with van der Waals surface area (Å²) in [7, 11) is -3.13. The van der Waals surface area contributed by atoms with Crippen LogP contribution in [0.1, 0.15) is 62.1 Å². The Labute approximate surface area is 211 Å². The van der Waals surface area contributed by atoms with E-state index in [0.717, 1.165) is 69.4 Å². The lowest BCUT2D eigenvalue weighted by atomic mass is 9.86. The zero-order valence-electron chi connectivity index (χ0n) is 21.3. The Morgan fingerprint density at radius 2 is 1.71 bits per heavy atom. The molecule has 2 aromatic rings. The number of phenols is 2. The van der Waals surface area contributed by atoms with Gasteiger partial charge in [-0.1, -0.05) is 38.0 Å². The van der Waals surface area contributed by atoms with Crippen LogP contribution in [0.4, 0.5) is 0 Å². The van der Waals surface area contributed by atoms with Gasteiger partial charge < -0.3 is 20.4 Å². The molecule has 35 heavy (non-hydrogen) atoms. The van der Waals surface area contributed by atoms with Gasteiger partial charge in [0.05, 0.1) is 4.90 Å². The van der Waals surface area contributed by atoms with Gasteiger partial charge in [-0.2, -0.15) is 0 Å². The number of nitrogens with one attached hydrogen (secondary N) is 1. The minimum absolute atomic E-state index is 0.00892. The van der Waals surface area contributed by atoms with Crippen LogP contribution in [0.5, 0.6) is 11.5 Å². The van der Waals surface area contributed by atoms with E-state index in [4.69, 9.17) is 0 Å². The molecule has 3 rings (SSSR count). The van der Waals surface area contributed by atoms with Crippen LogP contribution in [0.25, 0.3) is 0 Å². The monoisotopic (exact) mass is 502 g/mol. The van der Waals surface area contributed by atoms with Crippen molar-refractivity contribution < 1.29 is 18.6 Å². The van der Waals surface area contributed by atoms with Gasteiger partial charge in [0.2, 0.25) is 0 Å². The Kier molecular flexibility index (Phi) is 10.4. The van der Waals surface area contributed by atoms with E-state index < -0.39 is 9.84 Å². The molecule has 0 saturated heterocycles. The van der Waals surface area contributed by atoms with Crippen molar-refractivity contribution in [3.05, 3.63) is 53.1 Å². The first-order valence-electron chi connectivity index (χ1n) is 13.1. The molecule has 0 aromatic heterocycles. The van der Waals surface area contributed by atoms with Gasteiger partial charge in [-0.15, -0.1) is 0 Å². The highest BCUT2D eigenvalue weighted by atomic mass is 32.2. The number of unbranched alkanes of at least 4 members (excludes halogenated alkanes) is 3. The summed E-state index contributed by atoms with van der Waals surface area (Å²) in [5.41, 5.74) is 3.25. The summed E-state index contributed by atoms with van der Waals surface area (Å²) in [6.45, 7) is 6.37. The van der Waals surface area contributed by atoms with Gasteiger partial charge in [-0.3, -0.25) is 0 Å². The molecule has 1 atom stereocenters.